The number of sulfonamides is 2. The van der Waals surface area contributed by atoms with Crippen molar-refractivity contribution in [3.8, 4) is 0 Å². The summed E-state index contributed by atoms with van der Waals surface area (Å²) < 4.78 is 52.1. The van der Waals surface area contributed by atoms with Crippen LogP contribution >= 0.6 is 0 Å². The molecule has 4 rings (SSSR count). The number of nitrogens with one attached hydrogen (secondary N) is 1. The first-order chi connectivity index (χ1) is 15.7. The number of rotatable bonds is 7. The molecule has 2 aliphatic rings. The Morgan fingerprint density at radius 2 is 1.64 bits per heavy atom. The lowest BCUT2D eigenvalue weighted by Gasteiger charge is -2.29. The molecule has 0 bridgehead atoms. The number of fused-ring (bicyclic) bond motifs is 1. The Morgan fingerprint density at radius 1 is 0.939 bits per heavy atom. The smallest absolute Gasteiger partial charge is 0.251 e. The molecule has 2 aromatic rings. The van der Waals surface area contributed by atoms with Gasteiger partial charge in [0.1, 0.15) is 0 Å². The molecule has 0 aliphatic carbocycles. The minimum Gasteiger partial charge on any atom is -0.352 e. The Balaban J connectivity index is 1.35. The van der Waals surface area contributed by atoms with Crippen molar-refractivity contribution in [2.24, 2.45) is 0 Å². The lowest BCUT2D eigenvalue weighted by molar-refractivity contribution is 0.0954. The Bertz CT molecular complexity index is 1240. The highest BCUT2D eigenvalue weighted by Gasteiger charge is 2.27. The van der Waals surface area contributed by atoms with Gasteiger partial charge < -0.3 is 5.32 Å². The summed E-state index contributed by atoms with van der Waals surface area (Å²) in [5.41, 5.74) is 2.93. The monoisotopic (exact) mass is 491 g/mol. The third kappa shape index (κ3) is 5.23. The van der Waals surface area contributed by atoms with E-state index < -0.39 is 20.0 Å². The standard InChI is InChI=1S/C23H29N3O5S2/c1-32(28,29)26-16-4-5-19-17-20(8-11-22(19)26)23(27)24-13-12-18-6-9-21(10-7-18)33(30,31)25-14-2-3-15-25/h6-11,17H,2-5,12-16H2,1H3,(H,24,27). The molecular weight excluding hydrogens is 462 g/mol. The van der Waals surface area contributed by atoms with Gasteiger partial charge in [-0.15, -0.1) is 0 Å². The van der Waals surface area contributed by atoms with Gasteiger partial charge >= 0.3 is 0 Å². The maximum atomic E-state index is 12.6. The van der Waals surface area contributed by atoms with E-state index in [0.717, 1.165) is 30.4 Å². The van der Waals surface area contributed by atoms with Gasteiger partial charge in [0, 0.05) is 31.7 Å². The Morgan fingerprint density at radius 3 is 2.30 bits per heavy atom. The molecule has 178 valence electrons. The van der Waals surface area contributed by atoms with Crippen LogP contribution in [0.15, 0.2) is 47.4 Å². The van der Waals surface area contributed by atoms with Gasteiger partial charge in [0.15, 0.2) is 0 Å². The number of hydrogen-bond acceptors (Lipinski definition) is 5. The maximum Gasteiger partial charge on any atom is 0.251 e. The van der Waals surface area contributed by atoms with Crippen LogP contribution in [0, 0.1) is 0 Å². The predicted molar refractivity (Wildman–Crippen MR) is 127 cm³/mol. The third-order valence-electron chi connectivity index (χ3n) is 6.14. The van der Waals surface area contributed by atoms with Gasteiger partial charge in [-0.25, -0.2) is 16.8 Å². The van der Waals surface area contributed by atoms with Crippen LogP contribution in [0.1, 0.15) is 40.7 Å². The van der Waals surface area contributed by atoms with Crippen molar-refractivity contribution in [3.05, 3.63) is 59.2 Å². The first-order valence-electron chi connectivity index (χ1n) is 11.1. The zero-order chi connectivity index (χ0) is 23.6. The van der Waals surface area contributed by atoms with E-state index in [2.05, 4.69) is 5.32 Å². The van der Waals surface area contributed by atoms with E-state index >= 15 is 0 Å². The van der Waals surface area contributed by atoms with E-state index in [1.165, 1.54) is 14.9 Å². The van der Waals surface area contributed by atoms with Crippen molar-refractivity contribution in [2.75, 3.05) is 36.7 Å². The van der Waals surface area contributed by atoms with Crippen LogP contribution in [0.4, 0.5) is 5.69 Å². The molecule has 1 fully saturated rings. The molecule has 1 amide bonds. The highest BCUT2D eigenvalue weighted by atomic mass is 32.2. The largest absolute Gasteiger partial charge is 0.352 e. The number of benzene rings is 2. The number of hydrogen-bond donors (Lipinski definition) is 1. The average Bonchev–Trinajstić information content (AvgIpc) is 3.34. The molecule has 2 heterocycles. The molecule has 0 atom stereocenters. The van der Waals surface area contributed by atoms with E-state index in [9.17, 15) is 21.6 Å². The van der Waals surface area contributed by atoms with Crippen molar-refractivity contribution in [1.29, 1.82) is 0 Å². The molecular formula is C23H29N3O5S2. The van der Waals surface area contributed by atoms with Gasteiger partial charge in [0.25, 0.3) is 5.91 Å². The van der Waals surface area contributed by atoms with Gasteiger partial charge in [-0.05, 0) is 73.6 Å². The number of carbonyl (C=O) groups excluding carboxylic acids is 1. The Kier molecular flexibility index (Phi) is 6.78. The number of carbonyl (C=O) groups is 1. The van der Waals surface area contributed by atoms with Crippen LogP contribution in [0.25, 0.3) is 0 Å². The van der Waals surface area contributed by atoms with E-state index in [1.807, 2.05) is 0 Å². The summed E-state index contributed by atoms with van der Waals surface area (Å²) >= 11 is 0. The number of aryl methyl sites for hydroxylation is 1. The third-order valence-corrected chi connectivity index (χ3v) is 9.24. The van der Waals surface area contributed by atoms with Gasteiger partial charge in [-0.2, -0.15) is 4.31 Å². The molecule has 2 aliphatic heterocycles. The second-order valence-electron chi connectivity index (χ2n) is 8.54. The zero-order valence-corrected chi connectivity index (χ0v) is 20.3. The van der Waals surface area contributed by atoms with Gasteiger partial charge in [0.05, 0.1) is 16.8 Å². The van der Waals surface area contributed by atoms with Gasteiger partial charge in [-0.1, -0.05) is 12.1 Å². The molecule has 0 saturated carbocycles. The fraction of sp³-hybridized carbons (Fsp3) is 0.435. The van der Waals surface area contributed by atoms with Crippen molar-refractivity contribution in [3.63, 3.8) is 0 Å². The predicted octanol–water partition coefficient (Wildman–Crippen LogP) is 2.16. The van der Waals surface area contributed by atoms with Crippen LogP contribution in [-0.4, -0.2) is 59.5 Å². The van der Waals surface area contributed by atoms with Crippen LogP contribution in [0.2, 0.25) is 0 Å². The van der Waals surface area contributed by atoms with Crippen molar-refractivity contribution in [1.82, 2.24) is 9.62 Å². The van der Waals surface area contributed by atoms with E-state index in [0.29, 0.717) is 55.2 Å². The minimum absolute atomic E-state index is 0.220. The fourth-order valence-electron chi connectivity index (χ4n) is 4.38. The summed E-state index contributed by atoms with van der Waals surface area (Å²) in [6.07, 6.45) is 5.01. The number of anilines is 1. The summed E-state index contributed by atoms with van der Waals surface area (Å²) in [4.78, 5) is 12.9. The number of amides is 1. The summed E-state index contributed by atoms with van der Waals surface area (Å²) in [7, 11) is -6.77. The van der Waals surface area contributed by atoms with Crippen molar-refractivity contribution >= 4 is 31.6 Å². The van der Waals surface area contributed by atoms with Gasteiger partial charge in [-0.3, -0.25) is 9.10 Å². The second-order valence-corrected chi connectivity index (χ2v) is 12.4. The minimum atomic E-state index is -3.42. The van der Waals surface area contributed by atoms with Gasteiger partial charge in [0.2, 0.25) is 20.0 Å². The van der Waals surface area contributed by atoms with Crippen LogP contribution in [0.3, 0.4) is 0 Å². The molecule has 0 radical (unpaired) electrons. The highest BCUT2D eigenvalue weighted by molar-refractivity contribution is 7.92. The topological polar surface area (TPSA) is 104 Å². The lowest BCUT2D eigenvalue weighted by Crippen LogP contribution is -2.34. The molecule has 8 nitrogen and oxygen atoms in total. The zero-order valence-electron chi connectivity index (χ0n) is 18.7. The van der Waals surface area contributed by atoms with Crippen molar-refractivity contribution < 1.29 is 21.6 Å². The molecule has 0 unspecified atom stereocenters. The molecule has 10 heteroatoms. The van der Waals surface area contributed by atoms with Crippen LogP contribution in [0.5, 0.6) is 0 Å². The Hall–Kier alpha value is -2.43. The summed E-state index contributed by atoms with van der Waals surface area (Å²) in [5, 5.41) is 2.89. The lowest BCUT2D eigenvalue weighted by atomic mass is 10.0. The van der Waals surface area contributed by atoms with Crippen LogP contribution in [-0.2, 0) is 32.9 Å². The first kappa shape index (κ1) is 23.7. The quantitative estimate of drug-likeness (QED) is 0.639. The maximum absolute atomic E-state index is 12.6. The molecule has 0 aromatic heterocycles. The average molecular weight is 492 g/mol. The summed E-state index contributed by atoms with van der Waals surface area (Å²) in [6.45, 7) is 2.01. The fourth-order valence-corrected chi connectivity index (χ4v) is 6.89. The SMILES string of the molecule is CS(=O)(=O)N1CCCc2cc(C(=O)NCCc3ccc(S(=O)(=O)N4CCCC4)cc3)ccc21. The molecule has 1 saturated heterocycles. The molecule has 2 aromatic carbocycles. The normalized spacial score (nSPS) is 17.1. The van der Waals surface area contributed by atoms with Crippen molar-refractivity contribution in [2.45, 2.75) is 37.0 Å². The Labute approximate surface area is 195 Å². The van der Waals surface area contributed by atoms with E-state index in [1.54, 1.807) is 42.5 Å². The second kappa shape index (κ2) is 9.44. The number of nitrogens with zero attached hydrogens (tertiary/aromatic N) is 2. The molecule has 1 N–H and O–H groups in total. The molecule has 0 spiro atoms. The van der Waals surface area contributed by atoms with Crippen LogP contribution < -0.4 is 9.62 Å². The summed E-state index contributed by atoms with van der Waals surface area (Å²) in [6, 6.07) is 11.9. The summed E-state index contributed by atoms with van der Waals surface area (Å²) in [5.74, 6) is -0.220. The molecule has 33 heavy (non-hydrogen) atoms. The van der Waals surface area contributed by atoms with E-state index in [4.69, 9.17) is 0 Å². The van der Waals surface area contributed by atoms with E-state index in [-0.39, 0.29) is 5.91 Å². The highest BCUT2D eigenvalue weighted by Crippen LogP contribution is 2.30. The first-order valence-corrected chi connectivity index (χ1v) is 14.4.